The van der Waals surface area contributed by atoms with Gasteiger partial charge < -0.3 is 5.73 Å². The van der Waals surface area contributed by atoms with Crippen molar-refractivity contribution in [2.45, 2.75) is 39.2 Å². The average Bonchev–Trinajstić information content (AvgIpc) is 2.88. The van der Waals surface area contributed by atoms with Gasteiger partial charge in [-0.3, -0.25) is 4.68 Å². The lowest BCUT2D eigenvalue weighted by molar-refractivity contribution is 0.574. The highest BCUT2D eigenvalue weighted by Gasteiger charge is 2.16. The smallest absolute Gasteiger partial charge is 0.152 e. The molecular weight excluding hydrogens is 272 g/mol. The Morgan fingerprint density at radius 2 is 2.14 bits per heavy atom. The molecule has 0 bridgehead atoms. The molecule has 3 rings (SSSR count). The normalized spacial score (nSPS) is 11.1. The van der Waals surface area contributed by atoms with Gasteiger partial charge >= 0.3 is 0 Å². The van der Waals surface area contributed by atoms with Crippen LogP contribution in [0.4, 0.5) is 5.82 Å². The van der Waals surface area contributed by atoms with Crippen molar-refractivity contribution in [1.82, 2.24) is 14.8 Å². The van der Waals surface area contributed by atoms with Crippen LogP contribution >= 0.6 is 0 Å². The topological polar surface area (TPSA) is 56.7 Å². The van der Waals surface area contributed by atoms with E-state index in [-0.39, 0.29) is 0 Å². The van der Waals surface area contributed by atoms with Crippen LogP contribution in [0.15, 0.2) is 24.3 Å². The Bertz CT molecular complexity index is 855. The number of nitrogen functional groups attached to an aromatic ring is 1. The fourth-order valence-electron chi connectivity index (χ4n) is 2.93. The number of hydrogen-bond acceptors (Lipinski definition) is 3. The van der Waals surface area contributed by atoms with E-state index in [1.807, 2.05) is 18.2 Å². The van der Waals surface area contributed by atoms with Crippen LogP contribution < -0.4 is 5.73 Å². The van der Waals surface area contributed by atoms with E-state index in [0.29, 0.717) is 5.82 Å². The van der Waals surface area contributed by atoms with Gasteiger partial charge in [-0.15, -0.1) is 12.3 Å². The minimum Gasteiger partial charge on any atom is -0.382 e. The molecule has 112 valence electrons. The Morgan fingerprint density at radius 1 is 1.32 bits per heavy atom. The van der Waals surface area contributed by atoms with Gasteiger partial charge in [-0.05, 0) is 25.3 Å². The predicted octanol–water partition coefficient (Wildman–Crippen LogP) is 3.53. The average molecular weight is 292 g/mol. The molecule has 0 aliphatic carbocycles. The monoisotopic (exact) mass is 292 g/mol. The lowest BCUT2D eigenvalue weighted by Gasteiger charge is -2.07. The summed E-state index contributed by atoms with van der Waals surface area (Å²) in [6.45, 7) is 3.03. The van der Waals surface area contributed by atoms with E-state index in [1.54, 1.807) is 0 Å². The first kappa shape index (κ1) is 14.4. The molecule has 4 nitrogen and oxygen atoms in total. The summed E-state index contributed by atoms with van der Waals surface area (Å²) in [5.41, 5.74) is 9.08. The van der Waals surface area contributed by atoms with E-state index in [1.165, 1.54) is 5.69 Å². The maximum Gasteiger partial charge on any atom is 0.152 e. The third kappa shape index (κ3) is 2.39. The molecule has 0 unspecified atom stereocenters. The number of aromatic nitrogens is 3. The molecule has 0 amide bonds. The minimum absolute atomic E-state index is 0.502. The number of para-hydroxylation sites is 1. The largest absolute Gasteiger partial charge is 0.382 e. The molecule has 2 N–H and O–H groups in total. The van der Waals surface area contributed by atoms with Gasteiger partial charge in [0.05, 0.1) is 5.52 Å². The maximum absolute atomic E-state index is 6.14. The highest BCUT2D eigenvalue weighted by Crippen LogP contribution is 2.31. The van der Waals surface area contributed by atoms with Gasteiger partial charge in [0, 0.05) is 29.4 Å². The maximum atomic E-state index is 6.14. The molecule has 0 aliphatic heterocycles. The number of terminal acetylenes is 1. The van der Waals surface area contributed by atoms with Crippen LogP contribution in [-0.2, 0) is 13.0 Å². The Hall–Kier alpha value is -2.54. The first-order chi connectivity index (χ1) is 10.8. The van der Waals surface area contributed by atoms with Crippen molar-refractivity contribution in [3.05, 3.63) is 30.0 Å². The standard InChI is InChI=1S/C18H20N4/c1-3-5-6-11-15-16-13-9-7-8-10-14(13)20-18(19)17(16)21-22(15)12-4-2/h1,7-10H,4-6,11-12H2,2H3,(H2,19,20). The van der Waals surface area contributed by atoms with Crippen LogP contribution in [0.2, 0.25) is 0 Å². The number of aryl methyl sites for hydroxylation is 2. The minimum atomic E-state index is 0.502. The quantitative estimate of drug-likeness (QED) is 0.578. The zero-order valence-electron chi connectivity index (χ0n) is 12.8. The van der Waals surface area contributed by atoms with Gasteiger partial charge in [-0.2, -0.15) is 5.10 Å². The van der Waals surface area contributed by atoms with Crippen LogP contribution in [-0.4, -0.2) is 14.8 Å². The molecule has 0 spiro atoms. The molecule has 0 saturated carbocycles. The summed E-state index contributed by atoms with van der Waals surface area (Å²) in [6, 6.07) is 8.09. The number of pyridine rings is 1. The Balaban J connectivity index is 2.27. The molecular formula is C18H20N4. The molecule has 0 aliphatic rings. The number of nitrogens with zero attached hydrogens (tertiary/aromatic N) is 3. The Morgan fingerprint density at radius 3 is 2.91 bits per heavy atom. The van der Waals surface area contributed by atoms with Crippen molar-refractivity contribution in [2.24, 2.45) is 0 Å². The molecule has 0 saturated heterocycles. The van der Waals surface area contributed by atoms with E-state index in [2.05, 4.69) is 28.6 Å². The van der Waals surface area contributed by atoms with Gasteiger partial charge in [0.2, 0.25) is 0 Å². The summed E-state index contributed by atoms with van der Waals surface area (Å²) in [5.74, 6) is 3.21. The summed E-state index contributed by atoms with van der Waals surface area (Å²) in [5, 5.41) is 6.96. The molecule has 3 aromatic rings. The zero-order valence-corrected chi connectivity index (χ0v) is 12.8. The second kappa shape index (κ2) is 6.07. The van der Waals surface area contributed by atoms with E-state index in [9.17, 15) is 0 Å². The number of unbranched alkanes of at least 4 members (excludes halogenated alkanes) is 1. The number of nitrogens with two attached hydrogens (primary N) is 1. The highest BCUT2D eigenvalue weighted by atomic mass is 15.3. The van der Waals surface area contributed by atoms with Gasteiger partial charge in [-0.1, -0.05) is 25.1 Å². The second-order valence-corrected chi connectivity index (χ2v) is 5.47. The zero-order chi connectivity index (χ0) is 15.5. The second-order valence-electron chi connectivity index (χ2n) is 5.47. The lowest BCUT2D eigenvalue weighted by Crippen LogP contribution is -2.04. The number of fused-ring (bicyclic) bond motifs is 3. The number of anilines is 1. The summed E-state index contributed by atoms with van der Waals surface area (Å²) in [7, 11) is 0. The first-order valence-corrected chi connectivity index (χ1v) is 7.73. The summed E-state index contributed by atoms with van der Waals surface area (Å²) >= 11 is 0. The summed E-state index contributed by atoms with van der Waals surface area (Å²) in [4.78, 5) is 4.48. The highest BCUT2D eigenvalue weighted by molar-refractivity contribution is 6.09. The third-order valence-electron chi connectivity index (χ3n) is 3.88. The van der Waals surface area contributed by atoms with Crippen LogP contribution in [0, 0.1) is 12.3 Å². The molecule has 4 heteroatoms. The molecule has 1 aromatic carbocycles. The summed E-state index contributed by atoms with van der Waals surface area (Å²) in [6.07, 6.45) is 9.06. The third-order valence-corrected chi connectivity index (χ3v) is 3.88. The van der Waals surface area contributed by atoms with E-state index >= 15 is 0 Å². The van der Waals surface area contributed by atoms with Crippen LogP contribution in [0.5, 0.6) is 0 Å². The van der Waals surface area contributed by atoms with Gasteiger partial charge in [0.25, 0.3) is 0 Å². The number of benzene rings is 1. The van der Waals surface area contributed by atoms with Crippen molar-refractivity contribution in [1.29, 1.82) is 0 Å². The van der Waals surface area contributed by atoms with Crippen molar-refractivity contribution in [3.63, 3.8) is 0 Å². The number of hydrogen-bond donors (Lipinski definition) is 1. The lowest BCUT2D eigenvalue weighted by atomic mass is 10.1. The Kier molecular flexibility index (Phi) is 3.97. The van der Waals surface area contributed by atoms with E-state index in [0.717, 1.165) is 54.0 Å². The van der Waals surface area contributed by atoms with Crippen LogP contribution in [0.3, 0.4) is 0 Å². The number of rotatable bonds is 5. The van der Waals surface area contributed by atoms with E-state index < -0.39 is 0 Å². The van der Waals surface area contributed by atoms with Crippen molar-refractivity contribution < 1.29 is 0 Å². The van der Waals surface area contributed by atoms with Gasteiger partial charge in [0.15, 0.2) is 5.82 Å². The Labute approximate surface area is 130 Å². The van der Waals surface area contributed by atoms with Gasteiger partial charge in [-0.25, -0.2) is 4.98 Å². The van der Waals surface area contributed by atoms with Crippen molar-refractivity contribution in [2.75, 3.05) is 5.73 Å². The molecule has 0 fully saturated rings. The van der Waals surface area contributed by atoms with E-state index in [4.69, 9.17) is 17.3 Å². The van der Waals surface area contributed by atoms with Crippen LogP contribution in [0.25, 0.3) is 21.8 Å². The molecule has 2 aromatic heterocycles. The molecule has 2 heterocycles. The predicted molar refractivity (Wildman–Crippen MR) is 91.5 cm³/mol. The van der Waals surface area contributed by atoms with Crippen molar-refractivity contribution >= 4 is 27.6 Å². The SMILES string of the molecule is C#CCCCc1c2c(nn1CCC)c(N)nc1ccccc12. The van der Waals surface area contributed by atoms with Gasteiger partial charge in [0.1, 0.15) is 5.52 Å². The fraction of sp³-hybridized carbons (Fsp3) is 0.333. The molecule has 22 heavy (non-hydrogen) atoms. The summed E-state index contributed by atoms with van der Waals surface area (Å²) < 4.78 is 2.08. The van der Waals surface area contributed by atoms with Crippen LogP contribution in [0.1, 0.15) is 31.9 Å². The molecule has 0 atom stereocenters. The fourth-order valence-corrected chi connectivity index (χ4v) is 2.93. The van der Waals surface area contributed by atoms with Crippen molar-refractivity contribution in [3.8, 4) is 12.3 Å². The first-order valence-electron chi connectivity index (χ1n) is 7.73. The molecule has 0 radical (unpaired) electrons.